The second-order valence-corrected chi connectivity index (χ2v) is 2.84. The Labute approximate surface area is 79.2 Å². The van der Waals surface area contributed by atoms with E-state index in [1.807, 2.05) is 0 Å². The second kappa shape index (κ2) is 3.12. The van der Waals surface area contributed by atoms with Crippen LogP contribution < -0.4 is 0 Å². The number of ketones is 1. The Morgan fingerprint density at radius 3 is 2.86 bits per heavy atom. The third-order valence-electron chi connectivity index (χ3n) is 1.98. The zero-order chi connectivity index (χ0) is 10.1. The summed E-state index contributed by atoms with van der Waals surface area (Å²) in [6.07, 6.45) is 0. The Kier molecular flexibility index (Phi) is 1.94. The van der Waals surface area contributed by atoms with Gasteiger partial charge in [-0.25, -0.2) is 0 Å². The fourth-order valence-corrected chi connectivity index (χ4v) is 1.33. The lowest BCUT2D eigenvalue weighted by Gasteiger charge is -1.90. The zero-order valence-electron chi connectivity index (χ0n) is 7.21. The van der Waals surface area contributed by atoms with Gasteiger partial charge in [-0.1, -0.05) is 18.2 Å². The van der Waals surface area contributed by atoms with Crippen molar-refractivity contribution in [3.05, 3.63) is 30.0 Å². The number of aliphatic hydroxyl groups excluding tert-OH is 1. The lowest BCUT2D eigenvalue weighted by Crippen LogP contribution is -2.06. The monoisotopic (exact) mass is 192 g/mol. The molecule has 0 fully saturated rings. The smallest absolute Gasteiger partial charge is 0.209 e. The molecule has 14 heavy (non-hydrogen) atoms. The quantitative estimate of drug-likeness (QED) is 0.535. The molecule has 0 amide bonds. The summed E-state index contributed by atoms with van der Waals surface area (Å²) in [7, 11) is 0. The van der Waals surface area contributed by atoms with Gasteiger partial charge in [0.25, 0.3) is 0 Å². The summed E-state index contributed by atoms with van der Waals surface area (Å²) in [5.74, 6) is -0.506. The van der Waals surface area contributed by atoms with Crippen molar-refractivity contribution in [2.45, 2.75) is 0 Å². The van der Waals surface area contributed by atoms with Crippen LogP contribution in [0, 0.1) is 0 Å². The maximum absolute atomic E-state index is 11.2. The SMILES string of the molecule is O=C(CO)c1nn(O)c2ccccc12. The van der Waals surface area contributed by atoms with Crippen LogP contribution in [0.5, 0.6) is 0 Å². The minimum Gasteiger partial charge on any atom is -0.411 e. The maximum Gasteiger partial charge on any atom is 0.209 e. The average molecular weight is 192 g/mol. The summed E-state index contributed by atoms with van der Waals surface area (Å²) >= 11 is 0. The molecule has 0 atom stereocenters. The van der Waals surface area contributed by atoms with Gasteiger partial charge in [-0.3, -0.25) is 4.79 Å². The van der Waals surface area contributed by atoms with E-state index in [4.69, 9.17) is 5.11 Å². The van der Waals surface area contributed by atoms with Crippen molar-refractivity contribution < 1.29 is 15.1 Å². The molecule has 0 aliphatic rings. The highest BCUT2D eigenvalue weighted by molar-refractivity contribution is 6.06. The Morgan fingerprint density at radius 2 is 2.14 bits per heavy atom. The minimum absolute atomic E-state index is 0.0885. The molecular weight excluding hydrogens is 184 g/mol. The molecule has 0 bridgehead atoms. The van der Waals surface area contributed by atoms with Gasteiger partial charge in [0.1, 0.15) is 17.8 Å². The fraction of sp³-hybridized carbons (Fsp3) is 0.111. The van der Waals surface area contributed by atoms with E-state index in [1.54, 1.807) is 24.3 Å². The van der Waals surface area contributed by atoms with Crippen molar-refractivity contribution in [2.24, 2.45) is 0 Å². The van der Waals surface area contributed by atoms with Gasteiger partial charge in [0, 0.05) is 5.39 Å². The van der Waals surface area contributed by atoms with E-state index in [0.29, 0.717) is 15.7 Å². The number of benzene rings is 1. The summed E-state index contributed by atoms with van der Waals surface area (Å²) in [5, 5.41) is 22.1. The molecule has 0 saturated heterocycles. The molecule has 1 heterocycles. The van der Waals surface area contributed by atoms with Crippen LogP contribution in [-0.4, -0.2) is 32.6 Å². The van der Waals surface area contributed by atoms with E-state index in [1.165, 1.54) is 0 Å². The van der Waals surface area contributed by atoms with Crippen molar-refractivity contribution in [3.63, 3.8) is 0 Å². The number of carbonyl (C=O) groups excluding carboxylic acids is 1. The molecule has 0 spiro atoms. The zero-order valence-corrected chi connectivity index (χ0v) is 7.21. The van der Waals surface area contributed by atoms with Gasteiger partial charge in [0.2, 0.25) is 5.78 Å². The lowest BCUT2D eigenvalue weighted by atomic mass is 10.1. The molecule has 0 unspecified atom stereocenters. The summed E-state index contributed by atoms with van der Waals surface area (Å²) in [6.45, 7) is -0.610. The number of nitrogens with zero attached hydrogens (tertiary/aromatic N) is 2. The van der Waals surface area contributed by atoms with Gasteiger partial charge in [0.15, 0.2) is 0 Å². The topological polar surface area (TPSA) is 75.3 Å². The van der Waals surface area contributed by atoms with Crippen LogP contribution in [0.2, 0.25) is 0 Å². The molecular formula is C9H8N2O3. The Hall–Kier alpha value is -1.88. The van der Waals surface area contributed by atoms with Crippen LogP contribution in [0.1, 0.15) is 10.5 Å². The molecule has 0 radical (unpaired) electrons. The number of hydrogen-bond donors (Lipinski definition) is 2. The number of Topliss-reactive ketones (excluding diaryl/α,β-unsaturated/α-hetero) is 1. The van der Waals surface area contributed by atoms with E-state index in [2.05, 4.69) is 5.10 Å². The van der Waals surface area contributed by atoms with Crippen LogP contribution in [0.3, 0.4) is 0 Å². The summed E-state index contributed by atoms with van der Waals surface area (Å²) in [5.41, 5.74) is 0.537. The van der Waals surface area contributed by atoms with Crippen LogP contribution >= 0.6 is 0 Å². The fourth-order valence-electron chi connectivity index (χ4n) is 1.33. The lowest BCUT2D eigenvalue weighted by molar-refractivity contribution is 0.0889. The third-order valence-corrected chi connectivity index (χ3v) is 1.98. The number of aliphatic hydroxyl groups is 1. The highest BCUT2D eigenvalue weighted by Gasteiger charge is 2.15. The van der Waals surface area contributed by atoms with Crippen LogP contribution in [0.15, 0.2) is 24.3 Å². The van der Waals surface area contributed by atoms with Gasteiger partial charge in [0.05, 0.1) is 0 Å². The van der Waals surface area contributed by atoms with Crippen LogP contribution in [-0.2, 0) is 0 Å². The molecule has 0 aliphatic carbocycles. The van der Waals surface area contributed by atoms with Gasteiger partial charge in [-0.05, 0) is 6.07 Å². The highest BCUT2D eigenvalue weighted by atomic mass is 16.5. The standard InChI is InChI=1S/C9H8N2O3/c12-5-8(13)9-6-3-1-2-4-7(6)11(14)10-9/h1-4,12,14H,5H2. The number of carbonyl (C=O) groups is 1. The molecule has 2 rings (SSSR count). The first-order valence-electron chi connectivity index (χ1n) is 4.05. The van der Waals surface area contributed by atoms with Crippen LogP contribution in [0.4, 0.5) is 0 Å². The predicted octanol–water partition coefficient (Wildman–Crippen LogP) is 0.449. The second-order valence-electron chi connectivity index (χ2n) is 2.84. The largest absolute Gasteiger partial charge is 0.411 e. The Bertz CT molecular complexity index is 490. The van der Waals surface area contributed by atoms with Crippen LogP contribution in [0.25, 0.3) is 10.9 Å². The van der Waals surface area contributed by atoms with Gasteiger partial charge >= 0.3 is 0 Å². The van der Waals surface area contributed by atoms with Crippen molar-refractivity contribution in [3.8, 4) is 0 Å². The molecule has 5 nitrogen and oxygen atoms in total. The molecule has 0 aliphatic heterocycles. The first kappa shape index (κ1) is 8.71. The van der Waals surface area contributed by atoms with E-state index < -0.39 is 12.4 Å². The molecule has 2 N–H and O–H groups in total. The summed E-state index contributed by atoms with van der Waals surface area (Å²) in [6, 6.07) is 6.76. The van der Waals surface area contributed by atoms with Gasteiger partial charge in [-0.2, -0.15) is 0 Å². The van der Waals surface area contributed by atoms with Crippen molar-refractivity contribution in [2.75, 3.05) is 6.61 Å². The van der Waals surface area contributed by atoms with E-state index in [0.717, 1.165) is 0 Å². The number of para-hydroxylation sites is 1. The Balaban J connectivity index is 2.72. The van der Waals surface area contributed by atoms with E-state index in [-0.39, 0.29) is 5.69 Å². The van der Waals surface area contributed by atoms with E-state index >= 15 is 0 Å². The van der Waals surface area contributed by atoms with Crippen molar-refractivity contribution >= 4 is 16.7 Å². The molecule has 0 saturated carbocycles. The number of fused-ring (bicyclic) bond motifs is 1. The first-order chi connectivity index (χ1) is 6.74. The predicted molar refractivity (Wildman–Crippen MR) is 48.3 cm³/mol. The van der Waals surface area contributed by atoms with E-state index in [9.17, 15) is 10.0 Å². The van der Waals surface area contributed by atoms with Gasteiger partial charge in [-0.15, -0.1) is 9.94 Å². The summed E-state index contributed by atoms with van der Waals surface area (Å²) < 4.78 is 0. The molecule has 2 aromatic rings. The number of rotatable bonds is 2. The third kappa shape index (κ3) is 1.14. The molecule has 72 valence electrons. The van der Waals surface area contributed by atoms with Crippen molar-refractivity contribution in [1.82, 2.24) is 9.94 Å². The molecule has 1 aromatic carbocycles. The average Bonchev–Trinajstić information content (AvgIpc) is 2.56. The normalized spacial score (nSPS) is 10.6. The Morgan fingerprint density at radius 1 is 1.43 bits per heavy atom. The minimum atomic E-state index is -0.610. The maximum atomic E-state index is 11.2. The number of aromatic nitrogens is 2. The molecule has 1 aromatic heterocycles. The number of hydrogen-bond acceptors (Lipinski definition) is 4. The summed E-state index contributed by atoms with van der Waals surface area (Å²) in [4.78, 5) is 11.8. The first-order valence-corrected chi connectivity index (χ1v) is 4.05. The van der Waals surface area contributed by atoms with Crippen molar-refractivity contribution in [1.29, 1.82) is 0 Å². The van der Waals surface area contributed by atoms with Gasteiger partial charge < -0.3 is 10.3 Å². The highest BCUT2D eigenvalue weighted by Crippen LogP contribution is 2.17. The molecule has 5 heteroatoms.